The molecule has 0 radical (unpaired) electrons. The number of nitrogens with one attached hydrogen (secondary N) is 2. The van der Waals surface area contributed by atoms with Gasteiger partial charge in [0.1, 0.15) is 6.04 Å². The maximum Gasteiger partial charge on any atom is 0.245 e. The molecule has 1 saturated heterocycles. The molecular formula is C18H22N4O3. The molecule has 4 N–H and O–H groups in total. The number of amides is 3. The van der Waals surface area contributed by atoms with Crippen molar-refractivity contribution in [2.45, 2.75) is 25.8 Å². The highest BCUT2D eigenvalue weighted by Gasteiger charge is 2.33. The fourth-order valence-corrected chi connectivity index (χ4v) is 3.38. The van der Waals surface area contributed by atoms with E-state index in [1.807, 2.05) is 30.5 Å². The number of rotatable bonds is 5. The second-order valence-corrected chi connectivity index (χ2v) is 6.49. The number of nitrogens with zero attached hydrogens (tertiary/aromatic N) is 1. The van der Waals surface area contributed by atoms with E-state index in [-0.39, 0.29) is 23.6 Å². The van der Waals surface area contributed by atoms with E-state index in [4.69, 9.17) is 5.73 Å². The number of carbonyl (C=O) groups is 3. The van der Waals surface area contributed by atoms with Gasteiger partial charge in [-0.2, -0.15) is 0 Å². The van der Waals surface area contributed by atoms with E-state index in [1.165, 1.54) is 6.92 Å². The Morgan fingerprint density at radius 1 is 1.36 bits per heavy atom. The van der Waals surface area contributed by atoms with Gasteiger partial charge >= 0.3 is 0 Å². The van der Waals surface area contributed by atoms with E-state index in [1.54, 1.807) is 4.90 Å². The van der Waals surface area contributed by atoms with Crippen molar-refractivity contribution in [3.05, 3.63) is 36.0 Å². The zero-order chi connectivity index (χ0) is 18.0. The topological polar surface area (TPSA) is 108 Å². The summed E-state index contributed by atoms with van der Waals surface area (Å²) in [6, 6.07) is 7.16. The Kier molecular flexibility index (Phi) is 4.74. The smallest absolute Gasteiger partial charge is 0.245 e. The summed E-state index contributed by atoms with van der Waals surface area (Å²) < 4.78 is 0. The summed E-state index contributed by atoms with van der Waals surface area (Å²) in [5, 5.41) is 3.77. The summed E-state index contributed by atoms with van der Waals surface area (Å²) in [6.45, 7) is 2.19. The van der Waals surface area contributed by atoms with Crippen LogP contribution >= 0.6 is 0 Å². The number of benzene rings is 1. The van der Waals surface area contributed by atoms with Gasteiger partial charge in [0, 0.05) is 43.5 Å². The third kappa shape index (κ3) is 3.65. The number of H-pyrrole nitrogens is 1. The molecule has 3 rings (SSSR count). The van der Waals surface area contributed by atoms with Gasteiger partial charge < -0.3 is 20.9 Å². The first-order chi connectivity index (χ1) is 12.0. The number of hydrogen-bond acceptors (Lipinski definition) is 3. The highest BCUT2D eigenvalue weighted by molar-refractivity contribution is 5.90. The summed E-state index contributed by atoms with van der Waals surface area (Å²) in [5.41, 5.74) is 7.29. The Morgan fingerprint density at radius 3 is 2.80 bits per heavy atom. The molecule has 2 heterocycles. The Labute approximate surface area is 145 Å². The maximum absolute atomic E-state index is 12.9. The standard InChI is InChI=1S/C18H22N4O3/c1-11(23)21-16(18(25)22-7-6-12(10-22)17(19)24)8-13-9-20-15-5-3-2-4-14(13)15/h2-5,9,12,16,20H,6-8,10H2,1H3,(H2,19,24)(H,21,23)/t12-,16-/m1/s1. The molecule has 1 fully saturated rings. The minimum atomic E-state index is -0.664. The molecule has 7 nitrogen and oxygen atoms in total. The molecule has 25 heavy (non-hydrogen) atoms. The third-order valence-electron chi connectivity index (χ3n) is 4.68. The lowest BCUT2D eigenvalue weighted by Gasteiger charge is -2.24. The average Bonchev–Trinajstić information content (AvgIpc) is 3.21. The van der Waals surface area contributed by atoms with Crippen molar-refractivity contribution in [3.8, 4) is 0 Å². The zero-order valence-corrected chi connectivity index (χ0v) is 14.1. The molecule has 0 unspecified atom stereocenters. The van der Waals surface area contributed by atoms with Gasteiger partial charge in [0.15, 0.2) is 0 Å². The number of carbonyl (C=O) groups excluding carboxylic acids is 3. The normalized spacial score (nSPS) is 18.3. The number of aromatic amines is 1. The number of fused-ring (bicyclic) bond motifs is 1. The number of likely N-dealkylation sites (tertiary alicyclic amines) is 1. The predicted octanol–water partition coefficient (Wildman–Crippen LogP) is 0.549. The number of nitrogens with two attached hydrogens (primary N) is 1. The second kappa shape index (κ2) is 6.96. The van der Waals surface area contributed by atoms with Gasteiger partial charge in [-0.25, -0.2) is 0 Å². The van der Waals surface area contributed by atoms with Crippen molar-refractivity contribution < 1.29 is 14.4 Å². The molecule has 1 aliphatic rings. The molecule has 0 bridgehead atoms. The summed E-state index contributed by atoms with van der Waals surface area (Å²) in [4.78, 5) is 40.6. The molecule has 2 atom stereocenters. The monoisotopic (exact) mass is 342 g/mol. The Morgan fingerprint density at radius 2 is 2.12 bits per heavy atom. The number of primary amides is 1. The van der Waals surface area contributed by atoms with Crippen LogP contribution < -0.4 is 11.1 Å². The Bertz CT molecular complexity index is 814. The molecule has 0 aliphatic carbocycles. The quantitative estimate of drug-likeness (QED) is 0.738. The van der Waals surface area contributed by atoms with Crippen molar-refractivity contribution in [3.63, 3.8) is 0 Å². The Hall–Kier alpha value is -2.83. The summed E-state index contributed by atoms with van der Waals surface area (Å²) in [5.74, 6) is -1.13. The van der Waals surface area contributed by atoms with E-state index >= 15 is 0 Å². The van der Waals surface area contributed by atoms with E-state index in [0.717, 1.165) is 16.5 Å². The van der Waals surface area contributed by atoms with Gasteiger partial charge in [-0.05, 0) is 18.1 Å². The van der Waals surface area contributed by atoms with Crippen LogP contribution in [-0.4, -0.2) is 46.7 Å². The highest BCUT2D eigenvalue weighted by atomic mass is 16.2. The van der Waals surface area contributed by atoms with Crippen LogP contribution in [0.1, 0.15) is 18.9 Å². The van der Waals surface area contributed by atoms with Crippen LogP contribution in [0.15, 0.2) is 30.5 Å². The van der Waals surface area contributed by atoms with Crippen molar-refractivity contribution >= 4 is 28.6 Å². The van der Waals surface area contributed by atoms with Gasteiger partial charge in [-0.3, -0.25) is 14.4 Å². The van der Waals surface area contributed by atoms with E-state index in [2.05, 4.69) is 10.3 Å². The van der Waals surface area contributed by atoms with Crippen LogP contribution in [0, 0.1) is 5.92 Å². The minimum Gasteiger partial charge on any atom is -0.369 e. The molecule has 2 aromatic rings. The zero-order valence-electron chi connectivity index (χ0n) is 14.1. The van der Waals surface area contributed by atoms with Crippen LogP contribution in [0.2, 0.25) is 0 Å². The first kappa shape index (κ1) is 17.0. The lowest BCUT2D eigenvalue weighted by molar-refractivity contribution is -0.135. The number of para-hydroxylation sites is 1. The predicted molar refractivity (Wildman–Crippen MR) is 93.5 cm³/mol. The van der Waals surface area contributed by atoms with E-state index in [9.17, 15) is 14.4 Å². The fraction of sp³-hybridized carbons (Fsp3) is 0.389. The van der Waals surface area contributed by atoms with Gasteiger partial charge in [-0.1, -0.05) is 18.2 Å². The highest BCUT2D eigenvalue weighted by Crippen LogP contribution is 2.21. The SMILES string of the molecule is CC(=O)N[C@H](Cc1c[nH]c2ccccc12)C(=O)N1CC[C@@H](C(N)=O)C1. The van der Waals surface area contributed by atoms with Crippen molar-refractivity contribution in [2.24, 2.45) is 11.7 Å². The molecule has 132 valence electrons. The van der Waals surface area contributed by atoms with Gasteiger partial charge in [0.05, 0.1) is 5.92 Å². The van der Waals surface area contributed by atoms with Crippen LogP contribution in [0.4, 0.5) is 0 Å². The minimum absolute atomic E-state index is 0.177. The van der Waals surface area contributed by atoms with Crippen LogP contribution in [-0.2, 0) is 20.8 Å². The van der Waals surface area contributed by atoms with Gasteiger partial charge in [0.25, 0.3) is 0 Å². The summed E-state index contributed by atoms with van der Waals surface area (Å²) in [7, 11) is 0. The molecular weight excluding hydrogens is 320 g/mol. The van der Waals surface area contributed by atoms with Crippen LogP contribution in [0.5, 0.6) is 0 Å². The van der Waals surface area contributed by atoms with E-state index in [0.29, 0.717) is 25.9 Å². The first-order valence-corrected chi connectivity index (χ1v) is 8.36. The lowest BCUT2D eigenvalue weighted by atomic mass is 10.0. The summed E-state index contributed by atoms with van der Waals surface area (Å²) in [6.07, 6.45) is 2.82. The molecule has 0 spiro atoms. The average molecular weight is 342 g/mol. The van der Waals surface area contributed by atoms with Gasteiger partial charge in [-0.15, -0.1) is 0 Å². The largest absolute Gasteiger partial charge is 0.369 e. The van der Waals surface area contributed by atoms with Crippen molar-refractivity contribution in [1.29, 1.82) is 0 Å². The summed E-state index contributed by atoms with van der Waals surface area (Å²) >= 11 is 0. The lowest BCUT2D eigenvalue weighted by Crippen LogP contribution is -2.48. The molecule has 1 aromatic heterocycles. The molecule has 1 aliphatic heterocycles. The molecule has 7 heteroatoms. The number of aromatic nitrogens is 1. The molecule has 1 aromatic carbocycles. The number of hydrogen-bond donors (Lipinski definition) is 3. The van der Waals surface area contributed by atoms with Crippen LogP contribution in [0.3, 0.4) is 0 Å². The van der Waals surface area contributed by atoms with Crippen LogP contribution in [0.25, 0.3) is 10.9 Å². The van der Waals surface area contributed by atoms with E-state index < -0.39 is 6.04 Å². The third-order valence-corrected chi connectivity index (χ3v) is 4.68. The molecule has 3 amide bonds. The second-order valence-electron chi connectivity index (χ2n) is 6.49. The Balaban J connectivity index is 1.79. The first-order valence-electron chi connectivity index (χ1n) is 8.36. The fourth-order valence-electron chi connectivity index (χ4n) is 3.38. The van der Waals surface area contributed by atoms with Gasteiger partial charge in [0.2, 0.25) is 17.7 Å². The van der Waals surface area contributed by atoms with Crippen molar-refractivity contribution in [1.82, 2.24) is 15.2 Å². The van der Waals surface area contributed by atoms with Crippen molar-refractivity contribution in [2.75, 3.05) is 13.1 Å². The molecule has 0 saturated carbocycles. The maximum atomic E-state index is 12.9.